The Bertz CT molecular complexity index is 796. The minimum absolute atomic E-state index is 0.0605. The highest BCUT2D eigenvalue weighted by atomic mass is 32.2. The first-order chi connectivity index (χ1) is 14.0. The molecule has 0 radical (unpaired) electrons. The molecule has 2 heterocycles. The summed E-state index contributed by atoms with van der Waals surface area (Å²) in [4.78, 5) is 26.8. The number of esters is 1. The molecule has 3 fully saturated rings. The van der Waals surface area contributed by atoms with Crippen LogP contribution < -0.4 is 5.32 Å². The zero-order chi connectivity index (χ0) is 20.6. The van der Waals surface area contributed by atoms with Gasteiger partial charge in [-0.3, -0.25) is 9.59 Å². The number of ether oxygens (including phenoxy) is 1. The number of thioether (sulfide) groups is 1. The van der Waals surface area contributed by atoms with Crippen LogP contribution in [0, 0.1) is 11.3 Å². The van der Waals surface area contributed by atoms with Crippen LogP contribution in [0.3, 0.4) is 0 Å². The zero-order valence-corrected chi connectivity index (χ0v) is 18.6. The molecule has 2 saturated heterocycles. The minimum Gasteiger partial charge on any atom is -0.465 e. The van der Waals surface area contributed by atoms with Crippen LogP contribution in [0.1, 0.15) is 57.1 Å². The van der Waals surface area contributed by atoms with Crippen molar-refractivity contribution in [2.75, 3.05) is 18.6 Å². The highest BCUT2D eigenvalue weighted by Crippen LogP contribution is 2.60. The lowest BCUT2D eigenvalue weighted by Crippen LogP contribution is -2.74. The van der Waals surface area contributed by atoms with Crippen molar-refractivity contribution in [3.8, 4) is 0 Å². The third-order valence-corrected chi connectivity index (χ3v) is 8.53. The van der Waals surface area contributed by atoms with Gasteiger partial charge in [-0.2, -0.15) is 11.8 Å². The van der Waals surface area contributed by atoms with Crippen LogP contribution >= 0.6 is 11.8 Å². The maximum atomic E-state index is 13.5. The van der Waals surface area contributed by atoms with Gasteiger partial charge >= 0.3 is 5.97 Å². The van der Waals surface area contributed by atoms with E-state index < -0.39 is 5.41 Å². The first-order valence-electron chi connectivity index (χ1n) is 11.1. The van der Waals surface area contributed by atoms with Crippen molar-refractivity contribution in [2.45, 2.75) is 69.9 Å². The fourth-order valence-corrected chi connectivity index (χ4v) is 6.95. The quantitative estimate of drug-likeness (QED) is 0.396. The number of hydrogen-bond acceptors (Lipinski definition) is 5. The largest absolute Gasteiger partial charge is 0.465 e. The lowest BCUT2D eigenvalue weighted by atomic mass is 9.44. The summed E-state index contributed by atoms with van der Waals surface area (Å²) in [5.41, 5.74) is 1.92. The van der Waals surface area contributed by atoms with Gasteiger partial charge in [0.15, 0.2) is 5.78 Å². The molecule has 4 aliphatic rings. The molecular weight excluding hydrogens is 382 g/mol. The fourth-order valence-electron chi connectivity index (χ4n) is 6.51. The summed E-state index contributed by atoms with van der Waals surface area (Å²) in [6.07, 6.45) is 6.85. The number of Topliss-reactive ketones (excluding diaryl/α,β-unsaturated/α-hetero) is 1. The Morgan fingerprint density at radius 2 is 2.03 bits per heavy atom. The molecule has 5 rings (SSSR count). The van der Waals surface area contributed by atoms with E-state index in [9.17, 15) is 9.59 Å². The number of hydrogen-bond donors (Lipinski definition) is 1. The molecule has 29 heavy (non-hydrogen) atoms. The molecular formula is C24H33NO3S. The van der Waals surface area contributed by atoms with E-state index in [4.69, 9.17) is 4.74 Å². The molecule has 2 aliphatic carbocycles. The molecule has 1 aromatic carbocycles. The lowest BCUT2D eigenvalue weighted by Gasteiger charge is -2.64. The highest BCUT2D eigenvalue weighted by Gasteiger charge is 2.67. The van der Waals surface area contributed by atoms with Gasteiger partial charge in [-0.05, 0) is 68.1 Å². The van der Waals surface area contributed by atoms with E-state index in [-0.39, 0.29) is 23.2 Å². The number of ketones is 1. The van der Waals surface area contributed by atoms with Crippen LogP contribution in [-0.4, -0.2) is 42.5 Å². The Morgan fingerprint density at radius 3 is 2.72 bits per heavy atom. The Kier molecular flexibility index (Phi) is 5.82. The molecule has 4 bridgehead atoms. The van der Waals surface area contributed by atoms with Gasteiger partial charge in [-0.25, -0.2) is 0 Å². The van der Waals surface area contributed by atoms with Gasteiger partial charge in [0.05, 0.1) is 6.61 Å². The lowest BCUT2D eigenvalue weighted by molar-refractivity contribution is -0.175. The second-order valence-corrected chi connectivity index (χ2v) is 9.91. The minimum atomic E-state index is -1.01. The van der Waals surface area contributed by atoms with Gasteiger partial charge in [-0.15, -0.1) is 0 Å². The maximum absolute atomic E-state index is 13.5. The van der Waals surface area contributed by atoms with E-state index in [0.29, 0.717) is 31.4 Å². The van der Waals surface area contributed by atoms with Crippen molar-refractivity contribution in [1.82, 2.24) is 5.32 Å². The molecule has 1 N–H and O–H groups in total. The first-order valence-corrected chi connectivity index (χ1v) is 12.5. The molecule has 0 aromatic heterocycles. The van der Waals surface area contributed by atoms with Gasteiger partial charge in [0.2, 0.25) is 0 Å². The predicted octanol–water partition coefficient (Wildman–Crippen LogP) is 3.90. The van der Waals surface area contributed by atoms with E-state index in [1.165, 1.54) is 11.1 Å². The number of piperidine rings is 2. The number of carbonyl (C=O) groups is 2. The molecule has 0 spiro atoms. The van der Waals surface area contributed by atoms with E-state index in [2.05, 4.69) is 42.8 Å². The second-order valence-electron chi connectivity index (χ2n) is 8.92. The summed E-state index contributed by atoms with van der Waals surface area (Å²) in [7, 11) is 0. The molecule has 0 amide bonds. The summed E-state index contributed by atoms with van der Waals surface area (Å²) in [5, 5.41) is 3.76. The van der Waals surface area contributed by atoms with Crippen molar-refractivity contribution in [2.24, 2.45) is 11.3 Å². The van der Waals surface area contributed by atoms with E-state index in [1.807, 2.05) is 6.92 Å². The number of nitrogens with one attached hydrogen (secondary N) is 1. The summed E-state index contributed by atoms with van der Waals surface area (Å²) in [6, 6.07) is 9.00. The van der Waals surface area contributed by atoms with Gasteiger partial charge in [-0.1, -0.05) is 31.2 Å². The topological polar surface area (TPSA) is 55.4 Å². The number of fused-ring (bicyclic) bond motifs is 2. The van der Waals surface area contributed by atoms with Crippen molar-refractivity contribution in [3.63, 3.8) is 0 Å². The Hall–Kier alpha value is -1.33. The highest BCUT2D eigenvalue weighted by molar-refractivity contribution is 7.98. The van der Waals surface area contributed by atoms with Gasteiger partial charge in [0.1, 0.15) is 5.41 Å². The van der Waals surface area contributed by atoms with Crippen LogP contribution in [0.4, 0.5) is 0 Å². The summed E-state index contributed by atoms with van der Waals surface area (Å²) < 4.78 is 5.52. The normalized spacial score (nSPS) is 34.5. The predicted molar refractivity (Wildman–Crippen MR) is 117 cm³/mol. The van der Waals surface area contributed by atoms with Gasteiger partial charge < -0.3 is 10.1 Å². The van der Waals surface area contributed by atoms with E-state index in [1.54, 1.807) is 11.8 Å². The third-order valence-electron chi connectivity index (χ3n) is 7.83. The van der Waals surface area contributed by atoms with Crippen molar-refractivity contribution in [1.29, 1.82) is 0 Å². The molecule has 4 unspecified atom stereocenters. The van der Waals surface area contributed by atoms with Gasteiger partial charge in [0.25, 0.3) is 0 Å². The van der Waals surface area contributed by atoms with E-state index >= 15 is 0 Å². The molecule has 5 atom stereocenters. The van der Waals surface area contributed by atoms with Crippen LogP contribution in [-0.2, 0) is 26.2 Å². The van der Waals surface area contributed by atoms with Crippen molar-refractivity contribution >= 4 is 23.5 Å². The first kappa shape index (κ1) is 20.9. The summed E-state index contributed by atoms with van der Waals surface area (Å²) in [6.45, 7) is 4.42. The van der Waals surface area contributed by atoms with Crippen molar-refractivity contribution < 1.29 is 14.3 Å². The van der Waals surface area contributed by atoms with Crippen LogP contribution in [0.25, 0.3) is 0 Å². The molecule has 1 aromatic rings. The fraction of sp³-hybridized carbons (Fsp3) is 0.667. The molecule has 1 saturated carbocycles. The standard InChI is InChI=1S/C24H33NO3S/c1-4-23-15-20-24(22(27)28-5-2,21(26)11-8-12-29-3)14-18(23)19(25-20)13-16-9-6-7-10-17(16)23/h6-7,9-10,18-20,25H,4-5,8,11-15H2,1-3H3/t18?,19?,20?,23-,24?/m1/s1. The number of rotatable bonds is 8. The molecule has 4 nitrogen and oxygen atoms in total. The van der Waals surface area contributed by atoms with Crippen LogP contribution in [0.15, 0.2) is 24.3 Å². The van der Waals surface area contributed by atoms with Gasteiger partial charge in [0, 0.05) is 23.9 Å². The SMILES string of the molecule is CCOC(=O)C1(C(=O)CCCSC)CC2C3Cc4ccccc4[C@@]2(CC)CC1N3. The van der Waals surface area contributed by atoms with Crippen LogP contribution in [0.2, 0.25) is 0 Å². The van der Waals surface area contributed by atoms with Crippen molar-refractivity contribution in [3.05, 3.63) is 35.4 Å². The monoisotopic (exact) mass is 415 g/mol. The maximum Gasteiger partial charge on any atom is 0.321 e. The zero-order valence-electron chi connectivity index (χ0n) is 17.8. The Labute approximate surface area is 178 Å². The van der Waals surface area contributed by atoms with E-state index in [0.717, 1.165) is 31.4 Å². The van der Waals surface area contributed by atoms with Crippen LogP contribution in [0.5, 0.6) is 0 Å². The third kappa shape index (κ3) is 3.07. The Balaban J connectivity index is 1.72. The molecule has 2 aliphatic heterocycles. The average molecular weight is 416 g/mol. The number of carbonyl (C=O) groups excluding carboxylic acids is 2. The second kappa shape index (κ2) is 8.07. The number of benzene rings is 1. The smallest absolute Gasteiger partial charge is 0.321 e. The Morgan fingerprint density at radius 1 is 1.24 bits per heavy atom. The summed E-state index contributed by atoms with van der Waals surface area (Å²) >= 11 is 1.75. The molecule has 158 valence electrons. The molecule has 5 heteroatoms. The summed E-state index contributed by atoms with van der Waals surface area (Å²) in [5.74, 6) is 1.03. The average Bonchev–Trinajstić information content (AvgIpc) is 2.73.